The molecule has 120 valence electrons. The Morgan fingerprint density at radius 2 is 1.67 bits per heavy atom. The first-order valence-corrected chi connectivity index (χ1v) is 8.87. The first kappa shape index (κ1) is 15.2. The molecule has 0 bridgehead atoms. The van der Waals surface area contributed by atoms with E-state index in [4.69, 9.17) is 0 Å². The molecule has 2 aromatic rings. The van der Waals surface area contributed by atoms with Gasteiger partial charge in [0, 0.05) is 0 Å². The fraction of sp³-hybridized carbons (Fsp3) is 0.250. The van der Waals surface area contributed by atoms with Crippen LogP contribution in [-0.2, 0) is 12.8 Å². The van der Waals surface area contributed by atoms with Crippen LogP contribution in [0.3, 0.4) is 0 Å². The van der Waals surface area contributed by atoms with Crippen molar-refractivity contribution >= 4 is 11.1 Å². The lowest BCUT2D eigenvalue weighted by Gasteiger charge is -2.18. The van der Waals surface area contributed by atoms with Crippen molar-refractivity contribution in [1.29, 1.82) is 0 Å². The van der Waals surface area contributed by atoms with Crippen LogP contribution >= 0.6 is 0 Å². The van der Waals surface area contributed by atoms with Crippen LogP contribution in [0.1, 0.15) is 46.2 Å². The summed E-state index contributed by atoms with van der Waals surface area (Å²) in [5.74, 6) is 0. The highest BCUT2D eigenvalue weighted by Gasteiger charge is 2.15. The molecule has 2 aromatic carbocycles. The van der Waals surface area contributed by atoms with Crippen LogP contribution in [0, 0.1) is 13.8 Å². The van der Waals surface area contributed by atoms with Crippen molar-refractivity contribution in [2.45, 2.75) is 39.5 Å². The lowest BCUT2D eigenvalue weighted by Crippen LogP contribution is -2.05. The van der Waals surface area contributed by atoms with Crippen LogP contribution in [0.25, 0.3) is 11.1 Å². The third-order valence-electron chi connectivity index (χ3n) is 5.48. The monoisotopic (exact) mass is 312 g/mol. The minimum Gasteiger partial charge on any atom is -0.0995 e. The number of allylic oxidation sites excluding steroid dienone is 5. The molecule has 0 heteroatoms. The van der Waals surface area contributed by atoms with Crippen LogP contribution in [0.5, 0.6) is 0 Å². The molecule has 2 aliphatic rings. The van der Waals surface area contributed by atoms with E-state index in [1.165, 1.54) is 50.1 Å². The van der Waals surface area contributed by atoms with E-state index in [1.807, 2.05) is 0 Å². The second kappa shape index (κ2) is 5.94. The second-order valence-corrected chi connectivity index (χ2v) is 7.24. The molecule has 0 spiro atoms. The first-order valence-electron chi connectivity index (χ1n) is 8.87. The number of fused-ring (bicyclic) bond motifs is 1. The molecular formula is C24H24. The predicted octanol–water partition coefficient (Wildman–Crippen LogP) is 6.22. The van der Waals surface area contributed by atoms with Crippen molar-refractivity contribution in [3.63, 3.8) is 0 Å². The summed E-state index contributed by atoms with van der Waals surface area (Å²) in [7, 11) is 0. The Bertz CT molecular complexity index is 890. The summed E-state index contributed by atoms with van der Waals surface area (Å²) >= 11 is 0. The van der Waals surface area contributed by atoms with E-state index in [2.05, 4.69) is 69.0 Å². The zero-order valence-electron chi connectivity index (χ0n) is 14.7. The van der Waals surface area contributed by atoms with Gasteiger partial charge in [0.25, 0.3) is 0 Å². The Balaban J connectivity index is 1.63. The van der Waals surface area contributed by atoms with E-state index < -0.39 is 0 Å². The van der Waals surface area contributed by atoms with Gasteiger partial charge in [0.15, 0.2) is 0 Å². The summed E-state index contributed by atoms with van der Waals surface area (Å²) in [6.45, 7) is 8.52. The van der Waals surface area contributed by atoms with Crippen molar-refractivity contribution in [1.82, 2.24) is 0 Å². The van der Waals surface area contributed by atoms with Crippen molar-refractivity contribution in [3.8, 4) is 0 Å². The molecule has 0 heterocycles. The molecule has 24 heavy (non-hydrogen) atoms. The highest BCUT2D eigenvalue weighted by atomic mass is 14.2. The van der Waals surface area contributed by atoms with E-state index >= 15 is 0 Å². The molecule has 0 fully saturated rings. The van der Waals surface area contributed by atoms with Crippen LogP contribution in [0.4, 0.5) is 0 Å². The first-order chi connectivity index (χ1) is 11.6. The third kappa shape index (κ3) is 2.78. The highest BCUT2D eigenvalue weighted by molar-refractivity contribution is 5.89. The quantitative estimate of drug-likeness (QED) is 0.577. The molecule has 0 saturated carbocycles. The van der Waals surface area contributed by atoms with Crippen molar-refractivity contribution in [2.75, 3.05) is 0 Å². The van der Waals surface area contributed by atoms with E-state index in [1.54, 1.807) is 0 Å². The average molecular weight is 312 g/mol. The lowest BCUT2D eigenvalue weighted by atomic mass is 9.87. The Labute approximate surface area is 145 Å². The summed E-state index contributed by atoms with van der Waals surface area (Å²) in [5.41, 5.74) is 12.6. The van der Waals surface area contributed by atoms with Gasteiger partial charge in [-0.2, -0.15) is 0 Å². The molecule has 0 saturated heterocycles. The zero-order valence-corrected chi connectivity index (χ0v) is 14.7. The Morgan fingerprint density at radius 3 is 2.50 bits per heavy atom. The average Bonchev–Trinajstić information content (AvgIpc) is 3.07. The number of benzene rings is 2. The maximum Gasteiger partial charge on any atom is -0.00670 e. The van der Waals surface area contributed by atoms with Crippen molar-refractivity contribution < 1.29 is 0 Å². The lowest BCUT2D eigenvalue weighted by molar-refractivity contribution is 0.840. The van der Waals surface area contributed by atoms with Crippen molar-refractivity contribution in [3.05, 3.63) is 94.1 Å². The number of rotatable bonds is 2. The predicted molar refractivity (Wildman–Crippen MR) is 104 cm³/mol. The largest absolute Gasteiger partial charge is 0.0995 e. The molecule has 2 aliphatic carbocycles. The van der Waals surface area contributed by atoms with E-state index in [0.717, 1.165) is 25.7 Å². The SMILES string of the molecule is C=C1CCc2cc(C3=CCC(c4ccc(C)c(C)c4)=C3)ccc2C1. The van der Waals surface area contributed by atoms with Crippen LogP contribution in [0.15, 0.2) is 60.7 Å². The van der Waals surface area contributed by atoms with Crippen LogP contribution in [0.2, 0.25) is 0 Å². The van der Waals surface area contributed by atoms with Gasteiger partial charge in [-0.05, 0) is 84.1 Å². The number of hydrogen-bond acceptors (Lipinski definition) is 0. The van der Waals surface area contributed by atoms with Gasteiger partial charge in [0.1, 0.15) is 0 Å². The maximum absolute atomic E-state index is 4.15. The van der Waals surface area contributed by atoms with Gasteiger partial charge in [0.2, 0.25) is 0 Å². The molecular weight excluding hydrogens is 288 g/mol. The van der Waals surface area contributed by atoms with Gasteiger partial charge >= 0.3 is 0 Å². The van der Waals surface area contributed by atoms with Gasteiger partial charge < -0.3 is 0 Å². The smallest absolute Gasteiger partial charge is 0.00670 e. The summed E-state index contributed by atoms with van der Waals surface area (Å²) in [5, 5.41) is 0. The maximum atomic E-state index is 4.15. The summed E-state index contributed by atoms with van der Waals surface area (Å²) in [6, 6.07) is 13.8. The zero-order chi connectivity index (χ0) is 16.7. The van der Waals surface area contributed by atoms with Crippen LogP contribution in [-0.4, -0.2) is 0 Å². The van der Waals surface area contributed by atoms with Gasteiger partial charge in [-0.25, -0.2) is 0 Å². The van der Waals surface area contributed by atoms with E-state index in [9.17, 15) is 0 Å². The fourth-order valence-corrected chi connectivity index (χ4v) is 3.75. The van der Waals surface area contributed by atoms with E-state index in [0.29, 0.717) is 0 Å². The topological polar surface area (TPSA) is 0 Å². The molecule has 0 nitrogen and oxygen atoms in total. The summed E-state index contributed by atoms with van der Waals surface area (Å²) < 4.78 is 0. The Morgan fingerprint density at radius 1 is 0.833 bits per heavy atom. The molecule has 0 aromatic heterocycles. The molecule has 0 atom stereocenters. The minimum atomic E-state index is 1.03. The number of hydrogen-bond donors (Lipinski definition) is 0. The fourth-order valence-electron chi connectivity index (χ4n) is 3.75. The summed E-state index contributed by atoms with van der Waals surface area (Å²) in [4.78, 5) is 0. The van der Waals surface area contributed by atoms with E-state index in [-0.39, 0.29) is 0 Å². The number of aryl methyl sites for hydroxylation is 3. The standard InChI is InChI=1S/C24H24/c1-16-4-6-21-14-23(9-8-19(21)12-16)24-11-10-22(15-24)20-7-5-17(2)18(3)13-20/h5,7-9,11,13-15H,1,4,6,10,12H2,2-3H3. The van der Waals surface area contributed by atoms with Crippen molar-refractivity contribution in [2.24, 2.45) is 0 Å². The van der Waals surface area contributed by atoms with Gasteiger partial charge in [0.05, 0.1) is 0 Å². The highest BCUT2D eigenvalue weighted by Crippen LogP contribution is 2.34. The third-order valence-corrected chi connectivity index (χ3v) is 5.48. The molecule has 0 amide bonds. The molecule has 4 rings (SSSR count). The Kier molecular flexibility index (Phi) is 3.76. The summed E-state index contributed by atoms with van der Waals surface area (Å²) in [6.07, 6.45) is 9.11. The van der Waals surface area contributed by atoms with Crippen LogP contribution < -0.4 is 0 Å². The normalized spacial score (nSPS) is 16.7. The molecule has 0 aliphatic heterocycles. The molecule has 0 radical (unpaired) electrons. The second-order valence-electron chi connectivity index (χ2n) is 7.24. The molecule has 0 unspecified atom stereocenters. The minimum absolute atomic E-state index is 1.03. The van der Waals surface area contributed by atoms with Gasteiger partial charge in [-0.15, -0.1) is 0 Å². The van der Waals surface area contributed by atoms with Gasteiger partial charge in [-0.1, -0.05) is 60.7 Å². The Hall–Kier alpha value is -2.34. The molecule has 0 N–H and O–H groups in total. The van der Waals surface area contributed by atoms with Gasteiger partial charge in [-0.3, -0.25) is 0 Å².